The first kappa shape index (κ1) is 18.6. The predicted octanol–water partition coefficient (Wildman–Crippen LogP) is 5.42. The minimum Gasteiger partial charge on any atom is -0.246 e. The molecule has 1 heterocycles. The zero-order valence-corrected chi connectivity index (χ0v) is 15.3. The molecule has 8 heteroatoms. The normalized spacial score (nSPS) is 12.9. The Morgan fingerprint density at radius 1 is 1.00 bits per heavy atom. The van der Waals surface area contributed by atoms with Crippen LogP contribution in [0.15, 0.2) is 0 Å². The van der Waals surface area contributed by atoms with E-state index in [-0.39, 0.29) is 0 Å². The molecule has 0 aliphatic heterocycles. The van der Waals surface area contributed by atoms with Crippen molar-refractivity contribution in [2.45, 2.75) is 60.6 Å². The predicted molar refractivity (Wildman–Crippen MR) is 87.2 cm³/mol. The Kier molecular flexibility index (Phi) is 7.21. The summed E-state index contributed by atoms with van der Waals surface area (Å²) >= 11 is 30.3. The standard InChI is InChI=1S/C12H18Cl5N3/c1-3-5-6-7-8-20-10(9(4-2)18-19-20)11(13,14)12(15,16)17/h3-8H2,1-2H3. The largest absolute Gasteiger partial charge is 0.246 e. The van der Waals surface area contributed by atoms with Gasteiger partial charge in [0, 0.05) is 6.54 Å². The number of unbranched alkanes of at least 4 members (excludes halogenated alkanes) is 3. The Labute approximate surface area is 144 Å². The molecule has 1 aromatic heterocycles. The van der Waals surface area contributed by atoms with Crippen LogP contribution in [0, 0.1) is 0 Å². The van der Waals surface area contributed by atoms with Crippen LogP contribution in [0.4, 0.5) is 0 Å². The highest BCUT2D eigenvalue weighted by atomic mass is 35.6. The molecule has 0 aromatic carbocycles. The number of nitrogens with zero attached hydrogens (tertiary/aromatic N) is 3. The monoisotopic (exact) mass is 379 g/mol. The zero-order valence-electron chi connectivity index (χ0n) is 11.5. The number of alkyl halides is 5. The molecule has 3 nitrogen and oxygen atoms in total. The lowest BCUT2D eigenvalue weighted by Gasteiger charge is -2.28. The third-order valence-electron chi connectivity index (χ3n) is 3.02. The van der Waals surface area contributed by atoms with Gasteiger partial charge in [-0.1, -0.05) is 96.3 Å². The molecule has 0 bridgehead atoms. The molecular weight excluding hydrogens is 363 g/mol. The number of hydrogen-bond acceptors (Lipinski definition) is 2. The Morgan fingerprint density at radius 3 is 2.15 bits per heavy atom. The second-order valence-electron chi connectivity index (χ2n) is 4.59. The molecule has 0 atom stereocenters. The van der Waals surface area contributed by atoms with Crippen molar-refractivity contribution in [1.82, 2.24) is 15.0 Å². The highest BCUT2D eigenvalue weighted by Crippen LogP contribution is 2.53. The van der Waals surface area contributed by atoms with Gasteiger partial charge in [0.15, 0.2) is 0 Å². The van der Waals surface area contributed by atoms with Crippen LogP contribution in [-0.2, 0) is 17.3 Å². The summed E-state index contributed by atoms with van der Waals surface area (Å²) in [6.45, 7) is 4.74. The molecule has 0 saturated heterocycles. The smallest absolute Gasteiger partial charge is 0.228 e. The summed E-state index contributed by atoms with van der Waals surface area (Å²) in [4.78, 5) is 0. The van der Waals surface area contributed by atoms with Crippen LogP contribution in [0.1, 0.15) is 50.9 Å². The van der Waals surface area contributed by atoms with Gasteiger partial charge in [0.1, 0.15) is 5.69 Å². The van der Waals surface area contributed by atoms with Crippen molar-refractivity contribution in [2.75, 3.05) is 0 Å². The average molecular weight is 382 g/mol. The minimum atomic E-state index is -1.86. The summed E-state index contributed by atoms with van der Waals surface area (Å²) in [5.74, 6) is 0. The van der Waals surface area contributed by atoms with Gasteiger partial charge in [0.25, 0.3) is 0 Å². The number of hydrogen-bond donors (Lipinski definition) is 0. The van der Waals surface area contributed by atoms with Gasteiger partial charge in [-0.05, 0) is 12.8 Å². The molecule has 0 aliphatic rings. The lowest BCUT2D eigenvalue weighted by Crippen LogP contribution is -2.32. The number of rotatable bonds is 7. The van der Waals surface area contributed by atoms with Crippen molar-refractivity contribution >= 4 is 58.0 Å². The molecule has 0 N–H and O–H groups in total. The molecule has 0 amide bonds. The molecule has 116 valence electrons. The van der Waals surface area contributed by atoms with E-state index in [4.69, 9.17) is 58.0 Å². The summed E-state index contributed by atoms with van der Waals surface area (Å²) in [6.07, 6.45) is 5.00. The first-order valence-corrected chi connectivity index (χ1v) is 8.52. The molecule has 1 aromatic rings. The molecule has 0 radical (unpaired) electrons. The number of halogens is 5. The van der Waals surface area contributed by atoms with Gasteiger partial charge >= 0.3 is 0 Å². The fraction of sp³-hybridized carbons (Fsp3) is 0.833. The van der Waals surface area contributed by atoms with Crippen LogP contribution < -0.4 is 0 Å². The summed E-state index contributed by atoms with van der Waals surface area (Å²) in [5, 5.41) is 8.17. The van der Waals surface area contributed by atoms with Crippen molar-refractivity contribution in [3.8, 4) is 0 Å². The topological polar surface area (TPSA) is 30.7 Å². The highest BCUT2D eigenvalue weighted by Gasteiger charge is 2.51. The van der Waals surface area contributed by atoms with Gasteiger partial charge in [-0.25, -0.2) is 4.68 Å². The lowest BCUT2D eigenvalue weighted by atomic mass is 10.2. The van der Waals surface area contributed by atoms with Crippen LogP contribution >= 0.6 is 58.0 Å². The van der Waals surface area contributed by atoms with Crippen molar-refractivity contribution in [1.29, 1.82) is 0 Å². The van der Waals surface area contributed by atoms with E-state index in [0.717, 1.165) is 19.3 Å². The second-order valence-corrected chi connectivity index (χ2v) is 8.20. The van der Waals surface area contributed by atoms with Crippen molar-refractivity contribution < 1.29 is 0 Å². The van der Waals surface area contributed by atoms with Crippen molar-refractivity contribution in [3.05, 3.63) is 11.4 Å². The summed E-state index contributed by atoms with van der Waals surface area (Å²) < 4.78 is -1.89. The first-order valence-electron chi connectivity index (χ1n) is 6.63. The molecular formula is C12H18Cl5N3. The summed E-state index contributed by atoms with van der Waals surface area (Å²) in [7, 11) is 0. The van der Waals surface area contributed by atoms with Crippen LogP contribution in [-0.4, -0.2) is 18.8 Å². The van der Waals surface area contributed by atoms with E-state index in [1.165, 1.54) is 6.42 Å². The quantitative estimate of drug-likeness (QED) is 0.466. The molecule has 1 rings (SSSR count). The minimum absolute atomic E-state index is 0.472. The third-order valence-corrected chi connectivity index (χ3v) is 5.37. The molecule has 0 saturated carbocycles. The van der Waals surface area contributed by atoms with E-state index in [2.05, 4.69) is 17.2 Å². The van der Waals surface area contributed by atoms with Crippen LogP contribution in [0.3, 0.4) is 0 Å². The summed E-state index contributed by atoms with van der Waals surface area (Å²) in [5.41, 5.74) is 1.12. The fourth-order valence-electron chi connectivity index (χ4n) is 1.91. The van der Waals surface area contributed by atoms with Gasteiger partial charge in [-0.15, -0.1) is 5.10 Å². The summed E-state index contributed by atoms with van der Waals surface area (Å²) in [6, 6.07) is 0. The second kappa shape index (κ2) is 7.73. The lowest BCUT2D eigenvalue weighted by molar-refractivity contribution is 0.504. The van der Waals surface area contributed by atoms with E-state index in [9.17, 15) is 0 Å². The average Bonchev–Trinajstić information content (AvgIpc) is 2.76. The first-order chi connectivity index (χ1) is 9.25. The zero-order chi connectivity index (χ0) is 15.4. The molecule has 0 unspecified atom stereocenters. The van der Waals surface area contributed by atoms with Crippen LogP contribution in [0.5, 0.6) is 0 Å². The molecule has 0 spiro atoms. The van der Waals surface area contributed by atoms with E-state index < -0.39 is 8.13 Å². The Balaban J connectivity index is 3.01. The molecule has 0 aliphatic carbocycles. The Bertz CT molecular complexity index is 425. The van der Waals surface area contributed by atoms with Gasteiger partial charge in [0.2, 0.25) is 8.13 Å². The van der Waals surface area contributed by atoms with Gasteiger partial charge in [0.05, 0.1) is 5.69 Å². The van der Waals surface area contributed by atoms with E-state index in [1.807, 2.05) is 6.92 Å². The van der Waals surface area contributed by atoms with Gasteiger partial charge in [-0.3, -0.25) is 0 Å². The number of aryl methyl sites for hydroxylation is 2. The van der Waals surface area contributed by atoms with Gasteiger partial charge < -0.3 is 0 Å². The fourth-order valence-corrected chi connectivity index (χ4v) is 2.59. The maximum atomic E-state index is 6.28. The third kappa shape index (κ3) is 4.30. The Hall–Kier alpha value is 0.590. The van der Waals surface area contributed by atoms with E-state index >= 15 is 0 Å². The highest BCUT2D eigenvalue weighted by molar-refractivity contribution is 6.75. The Morgan fingerprint density at radius 2 is 1.65 bits per heavy atom. The van der Waals surface area contributed by atoms with E-state index in [0.29, 0.717) is 24.4 Å². The van der Waals surface area contributed by atoms with Crippen molar-refractivity contribution in [2.24, 2.45) is 0 Å². The SMILES string of the molecule is CCCCCCn1nnc(CC)c1C(Cl)(Cl)C(Cl)(Cl)Cl. The van der Waals surface area contributed by atoms with Crippen molar-refractivity contribution in [3.63, 3.8) is 0 Å². The molecule has 20 heavy (non-hydrogen) atoms. The van der Waals surface area contributed by atoms with E-state index in [1.54, 1.807) is 4.68 Å². The molecule has 0 fully saturated rings. The van der Waals surface area contributed by atoms with Crippen LogP contribution in [0.2, 0.25) is 0 Å². The number of aromatic nitrogens is 3. The maximum Gasteiger partial charge on any atom is 0.228 e. The van der Waals surface area contributed by atoms with Gasteiger partial charge in [-0.2, -0.15) is 0 Å². The van der Waals surface area contributed by atoms with Crippen LogP contribution in [0.25, 0.3) is 0 Å². The maximum absolute atomic E-state index is 6.28.